The molecule has 0 radical (unpaired) electrons. The number of nitriles is 1. The summed E-state index contributed by atoms with van der Waals surface area (Å²) in [5.74, 6) is -0.796. The van der Waals surface area contributed by atoms with Gasteiger partial charge in [-0.05, 0) is 25.0 Å². The average Bonchev–Trinajstić information content (AvgIpc) is 2.60. The second kappa shape index (κ2) is 8.55. The minimum atomic E-state index is -0.837. The molecule has 0 unspecified atom stereocenters. The largest absolute Gasteiger partial charge is 0.480 e. The van der Waals surface area contributed by atoms with E-state index in [2.05, 4.69) is 11.4 Å². The van der Waals surface area contributed by atoms with E-state index in [1.54, 1.807) is 24.3 Å². The minimum absolute atomic E-state index is 0.347. The third-order valence-electron chi connectivity index (χ3n) is 3.85. The number of carbonyl (C=O) groups is 2. The molecule has 1 aliphatic carbocycles. The normalized spacial score (nSPS) is 15.8. The molecule has 1 aromatic carbocycles. The number of nitrogens with zero attached hydrogens (tertiary/aromatic N) is 1. The summed E-state index contributed by atoms with van der Waals surface area (Å²) in [6.07, 6.45) is 4.11. The summed E-state index contributed by atoms with van der Waals surface area (Å²) in [4.78, 5) is 23.5. The van der Waals surface area contributed by atoms with Crippen LogP contribution in [0.4, 0.5) is 0 Å². The fourth-order valence-electron chi connectivity index (χ4n) is 2.61. The number of esters is 1. The van der Waals surface area contributed by atoms with Gasteiger partial charge in [0.05, 0.1) is 11.1 Å². The number of nitrogens with one attached hydrogen (secondary N) is 1. The van der Waals surface area contributed by atoms with Gasteiger partial charge in [0.2, 0.25) is 0 Å². The zero-order chi connectivity index (χ0) is 17.4. The second-order valence-corrected chi connectivity index (χ2v) is 6.09. The Morgan fingerprint density at radius 2 is 1.92 bits per heavy atom. The summed E-state index contributed by atoms with van der Waals surface area (Å²) in [6, 6.07) is 8.92. The first kappa shape index (κ1) is 18.1. The molecule has 0 spiro atoms. The molecular formula is C17H19ClN2O4. The van der Waals surface area contributed by atoms with Crippen LogP contribution in [0.25, 0.3) is 0 Å². The molecule has 1 aromatic rings. The zero-order valence-electron chi connectivity index (χ0n) is 13.2. The predicted molar refractivity (Wildman–Crippen MR) is 87.5 cm³/mol. The molecule has 6 nitrogen and oxygen atoms in total. The van der Waals surface area contributed by atoms with Crippen LogP contribution < -0.4 is 10.1 Å². The maximum Gasteiger partial charge on any atom is 0.344 e. The summed E-state index contributed by atoms with van der Waals surface area (Å²) < 4.78 is 10.1. The van der Waals surface area contributed by atoms with Crippen LogP contribution in [0.3, 0.4) is 0 Å². The van der Waals surface area contributed by atoms with Crippen LogP contribution in [0.1, 0.15) is 32.1 Å². The Balaban J connectivity index is 1.74. The van der Waals surface area contributed by atoms with Gasteiger partial charge in [-0.15, -0.1) is 0 Å². The minimum Gasteiger partial charge on any atom is -0.480 e. The Kier molecular flexibility index (Phi) is 6.44. The number of carbonyl (C=O) groups excluding carboxylic acids is 2. The highest BCUT2D eigenvalue weighted by molar-refractivity contribution is 6.32. The number of hydrogen-bond donors (Lipinski definition) is 1. The molecule has 0 atom stereocenters. The molecule has 0 bridgehead atoms. The number of para-hydroxylation sites is 1. The maximum absolute atomic E-state index is 11.9. The van der Waals surface area contributed by atoms with Gasteiger partial charge in [-0.25, -0.2) is 4.79 Å². The third kappa shape index (κ3) is 5.14. The standard InChI is InChI=1S/C17H19ClN2O4/c18-13-6-2-3-7-14(13)23-11-16(22)24-10-15(21)20-17(12-19)8-4-1-5-9-17/h2-3,6-7H,1,4-5,8-11H2,(H,20,21). The Labute approximate surface area is 145 Å². The Morgan fingerprint density at radius 1 is 1.21 bits per heavy atom. The average molecular weight is 351 g/mol. The van der Waals surface area contributed by atoms with Crippen LogP contribution >= 0.6 is 11.6 Å². The quantitative estimate of drug-likeness (QED) is 0.797. The second-order valence-electron chi connectivity index (χ2n) is 5.68. The van der Waals surface area contributed by atoms with Gasteiger partial charge in [-0.2, -0.15) is 5.26 Å². The molecular weight excluding hydrogens is 332 g/mol. The van der Waals surface area contributed by atoms with E-state index in [1.165, 1.54) is 0 Å². The lowest BCUT2D eigenvalue weighted by Crippen LogP contribution is -2.50. The van der Waals surface area contributed by atoms with Crippen molar-refractivity contribution < 1.29 is 19.1 Å². The molecule has 1 N–H and O–H groups in total. The third-order valence-corrected chi connectivity index (χ3v) is 4.16. The van der Waals surface area contributed by atoms with E-state index in [0.29, 0.717) is 23.6 Å². The highest BCUT2D eigenvalue weighted by Gasteiger charge is 2.33. The highest BCUT2D eigenvalue weighted by atomic mass is 35.5. The van der Waals surface area contributed by atoms with Crippen LogP contribution in [0.5, 0.6) is 5.75 Å². The van der Waals surface area contributed by atoms with Crippen LogP contribution in [-0.4, -0.2) is 30.6 Å². The van der Waals surface area contributed by atoms with Crippen molar-refractivity contribution in [3.8, 4) is 11.8 Å². The van der Waals surface area contributed by atoms with E-state index >= 15 is 0 Å². The van der Waals surface area contributed by atoms with Gasteiger partial charge in [0.15, 0.2) is 13.2 Å². The lowest BCUT2D eigenvalue weighted by atomic mass is 9.83. The fraction of sp³-hybridized carbons (Fsp3) is 0.471. The number of ether oxygens (including phenoxy) is 2. The summed E-state index contributed by atoms with van der Waals surface area (Å²) in [5.41, 5.74) is -0.837. The number of halogens is 1. The first-order valence-corrected chi connectivity index (χ1v) is 8.18. The number of hydrogen-bond acceptors (Lipinski definition) is 5. The molecule has 0 aromatic heterocycles. The van der Waals surface area contributed by atoms with Gasteiger partial charge < -0.3 is 14.8 Å². The molecule has 7 heteroatoms. The lowest BCUT2D eigenvalue weighted by Gasteiger charge is -2.31. The van der Waals surface area contributed by atoms with Gasteiger partial charge in [0.1, 0.15) is 11.3 Å². The van der Waals surface area contributed by atoms with Crippen LogP contribution in [-0.2, 0) is 14.3 Å². The van der Waals surface area contributed by atoms with Crippen molar-refractivity contribution in [2.24, 2.45) is 0 Å². The topological polar surface area (TPSA) is 88.4 Å². The lowest BCUT2D eigenvalue weighted by molar-refractivity contribution is -0.150. The number of amides is 1. The zero-order valence-corrected chi connectivity index (χ0v) is 14.0. The van der Waals surface area contributed by atoms with Gasteiger partial charge in [-0.3, -0.25) is 4.79 Å². The molecule has 2 rings (SSSR count). The highest BCUT2D eigenvalue weighted by Crippen LogP contribution is 2.27. The number of rotatable bonds is 6. The Morgan fingerprint density at radius 3 is 2.58 bits per heavy atom. The molecule has 1 amide bonds. The van der Waals surface area contributed by atoms with E-state index in [-0.39, 0.29) is 6.61 Å². The maximum atomic E-state index is 11.9. The van der Waals surface area contributed by atoms with Crippen molar-refractivity contribution in [2.75, 3.05) is 13.2 Å². The molecule has 1 aliphatic rings. The first-order chi connectivity index (χ1) is 11.5. The van der Waals surface area contributed by atoms with Gasteiger partial charge in [0.25, 0.3) is 5.91 Å². The van der Waals surface area contributed by atoms with Crippen molar-refractivity contribution >= 4 is 23.5 Å². The number of benzene rings is 1. The molecule has 0 saturated heterocycles. The molecule has 1 saturated carbocycles. The predicted octanol–water partition coefficient (Wildman–Crippen LogP) is 2.60. The van der Waals surface area contributed by atoms with Crippen molar-refractivity contribution in [3.05, 3.63) is 29.3 Å². The molecule has 24 heavy (non-hydrogen) atoms. The summed E-state index contributed by atoms with van der Waals surface area (Å²) in [6.45, 7) is -0.783. The van der Waals surface area contributed by atoms with E-state index in [1.807, 2.05) is 0 Å². The van der Waals surface area contributed by atoms with Gasteiger partial charge >= 0.3 is 5.97 Å². The monoisotopic (exact) mass is 350 g/mol. The van der Waals surface area contributed by atoms with Crippen molar-refractivity contribution in [1.29, 1.82) is 5.26 Å². The summed E-state index contributed by atoms with van der Waals surface area (Å²) in [5, 5.41) is 12.4. The van der Waals surface area contributed by atoms with E-state index < -0.39 is 24.0 Å². The Bertz CT molecular complexity index is 636. The van der Waals surface area contributed by atoms with Gasteiger partial charge in [0, 0.05) is 0 Å². The van der Waals surface area contributed by atoms with E-state index in [4.69, 9.17) is 21.1 Å². The van der Waals surface area contributed by atoms with Crippen LogP contribution in [0.2, 0.25) is 5.02 Å². The van der Waals surface area contributed by atoms with Crippen LogP contribution in [0, 0.1) is 11.3 Å². The summed E-state index contributed by atoms with van der Waals surface area (Å²) in [7, 11) is 0. The fourth-order valence-corrected chi connectivity index (χ4v) is 2.80. The van der Waals surface area contributed by atoms with Crippen molar-refractivity contribution in [1.82, 2.24) is 5.32 Å². The van der Waals surface area contributed by atoms with E-state index in [0.717, 1.165) is 19.3 Å². The Hall–Kier alpha value is -2.26. The van der Waals surface area contributed by atoms with Gasteiger partial charge in [-0.1, -0.05) is 43.0 Å². The molecule has 1 fully saturated rings. The smallest absolute Gasteiger partial charge is 0.344 e. The molecule has 0 aliphatic heterocycles. The first-order valence-electron chi connectivity index (χ1n) is 7.80. The summed E-state index contributed by atoms with van der Waals surface area (Å²) >= 11 is 5.90. The SMILES string of the molecule is N#CC1(NC(=O)COC(=O)COc2ccccc2Cl)CCCCC1. The molecule has 128 valence electrons. The van der Waals surface area contributed by atoms with E-state index in [9.17, 15) is 14.9 Å². The van der Waals surface area contributed by atoms with Crippen molar-refractivity contribution in [2.45, 2.75) is 37.6 Å². The van der Waals surface area contributed by atoms with Crippen molar-refractivity contribution in [3.63, 3.8) is 0 Å². The molecule has 0 heterocycles. The van der Waals surface area contributed by atoms with Crippen LogP contribution in [0.15, 0.2) is 24.3 Å².